The number of carboxylic acid groups (broad SMARTS) is 1. The predicted molar refractivity (Wildman–Crippen MR) is 161 cm³/mol. The molecule has 2 rings (SSSR count). The first-order valence-electron chi connectivity index (χ1n) is 14.7. The molecule has 0 aliphatic carbocycles. The molecule has 0 aliphatic rings. The standard InChI is InChI=1S/C30H35F5N6O8/c1-15-4-2-5-17(31)27(15)37-12-22(43)40-20(6-3-7-24(45)46)29(47)39-13-23(44)41-21(8-9-36)30(48)38-11-16(42)14-49-28-25(34)18(32)10-19(33)26(28)35/h2,4-5,10,20-21,37H,3,6-9,11-14,36H2,1H3,(H,38,48)(H,39,47)(H,40,43)(H,41,44)(H,45,46). The van der Waals surface area contributed by atoms with Crippen LogP contribution in [0, 0.1) is 36.0 Å². The van der Waals surface area contributed by atoms with Crippen LogP contribution < -0.4 is 37.1 Å². The largest absolute Gasteiger partial charge is 0.481 e. The highest BCUT2D eigenvalue weighted by atomic mass is 19.2. The molecule has 4 amide bonds. The number of aryl methyl sites for hydroxylation is 1. The molecule has 0 bridgehead atoms. The Balaban J connectivity index is 1.91. The molecule has 49 heavy (non-hydrogen) atoms. The van der Waals surface area contributed by atoms with Crippen LogP contribution in [0.1, 0.15) is 31.2 Å². The molecule has 268 valence electrons. The number of anilines is 1. The molecule has 0 heterocycles. The number of hydrogen-bond acceptors (Lipinski definition) is 9. The van der Waals surface area contributed by atoms with Gasteiger partial charge < -0.3 is 42.2 Å². The Bertz CT molecular complexity index is 1500. The number of aliphatic carboxylic acids is 1. The second-order valence-electron chi connectivity index (χ2n) is 10.4. The Hall–Kier alpha value is -5.33. The Morgan fingerprint density at radius 1 is 0.816 bits per heavy atom. The fourth-order valence-corrected chi connectivity index (χ4v) is 4.16. The number of carbonyl (C=O) groups is 6. The summed E-state index contributed by atoms with van der Waals surface area (Å²) in [7, 11) is 0. The molecule has 2 atom stereocenters. The van der Waals surface area contributed by atoms with Crippen molar-refractivity contribution in [2.75, 3.05) is 38.1 Å². The lowest BCUT2D eigenvalue weighted by atomic mass is 10.1. The zero-order chi connectivity index (χ0) is 36.7. The first kappa shape index (κ1) is 39.8. The van der Waals surface area contributed by atoms with E-state index in [1.807, 2.05) is 0 Å². The van der Waals surface area contributed by atoms with E-state index < -0.39 is 109 Å². The summed E-state index contributed by atoms with van der Waals surface area (Å²) in [5, 5.41) is 20.6. The van der Waals surface area contributed by atoms with Gasteiger partial charge in [0.15, 0.2) is 23.2 Å². The van der Waals surface area contributed by atoms with E-state index in [-0.39, 0.29) is 44.0 Å². The van der Waals surface area contributed by atoms with E-state index >= 15 is 0 Å². The molecular weight excluding hydrogens is 667 g/mol. The maximum atomic E-state index is 14.1. The molecule has 0 spiro atoms. The minimum absolute atomic E-state index is 0.0226. The van der Waals surface area contributed by atoms with Crippen LogP contribution in [0.5, 0.6) is 5.75 Å². The number of hydrogen-bond donors (Lipinski definition) is 7. The van der Waals surface area contributed by atoms with Crippen molar-refractivity contribution in [2.24, 2.45) is 5.73 Å². The number of rotatable bonds is 20. The van der Waals surface area contributed by atoms with Gasteiger partial charge in [0.2, 0.25) is 35.3 Å². The molecule has 2 aromatic carbocycles. The topological polar surface area (TPSA) is 218 Å². The molecule has 14 nitrogen and oxygen atoms in total. The van der Waals surface area contributed by atoms with Crippen molar-refractivity contribution in [3.05, 3.63) is 58.9 Å². The van der Waals surface area contributed by atoms with E-state index in [0.29, 0.717) is 5.56 Å². The van der Waals surface area contributed by atoms with Gasteiger partial charge in [-0.05, 0) is 44.4 Å². The van der Waals surface area contributed by atoms with Gasteiger partial charge in [-0.15, -0.1) is 0 Å². The number of carboxylic acids is 1. The number of benzene rings is 2. The second kappa shape index (κ2) is 19.5. The Kier molecular flexibility index (Phi) is 15.8. The van der Waals surface area contributed by atoms with Gasteiger partial charge in [-0.3, -0.25) is 28.8 Å². The van der Waals surface area contributed by atoms with Crippen molar-refractivity contribution < 1.29 is 60.6 Å². The van der Waals surface area contributed by atoms with E-state index in [1.54, 1.807) is 13.0 Å². The van der Waals surface area contributed by atoms with Crippen LogP contribution in [0.2, 0.25) is 0 Å². The van der Waals surface area contributed by atoms with Gasteiger partial charge in [0, 0.05) is 12.5 Å². The van der Waals surface area contributed by atoms with Gasteiger partial charge >= 0.3 is 5.97 Å². The van der Waals surface area contributed by atoms with Crippen LogP contribution in [0.3, 0.4) is 0 Å². The molecule has 0 radical (unpaired) electrons. The van der Waals surface area contributed by atoms with Crippen LogP contribution in [-0.2, 0) is 28.8 Å². The first-order chi connectivity index (χ1) is 23.1. The number of Topliss-reactive ketones (excluding diaryl/α,β-unsaturated/α-hetero) is 1. The number of ketones is 1. The van der Waals surface area contributed by atoms with Gasteiger partial charge in [0.1, 0.15) is 24.5 Å². The smallest absolute Gasteiger partial charge is 0.303 e. The predicted octanol–water partition coefficient (Wildman–Crippen LogP) is 0.556. The lowest BCUT2D eigenvalue weighted by Gasteiger charge is -2.20. The molecule has 19 heteroatoms. The lowest BCUT2D eigenvalue weighted by molar-refractivity contribution is -0.137. The zero-order valence-corrected chi connectivity index (χ0v) is 26.1. The maximum Gasteiger partial charge on any atom is 0.303 e. The number of nitrogens with one attached hydrogen (secondary N) is 5. The van der Waals surface area contributed by atoms with Crippen molar-refractivity contribution in [3.8, 4) is 5.75 Å². The Morgan fingerprint density at radius 3 is 1.96 bits per heavy atom. The summed E-state index contributed by atoms with van der Waals surface area (Å²) in [6, 6.07) is 1.62. The average Bonchev–Trinajstić information content (AvgIpc) is 3.04. The van der Waals surface area contributed by atoms with Gasteiger partial charge in [0.05, 0.1) is 25.3 Å². The molecule has 0 saturated carbocycles. The van der Waals surface area contributed by atoms with Crippen LogP contribution in [0.25, 0.3) is 0 Å². The summed E-state index contributed by atoms with van der Waals surface area (Å²) in [5.41, 5.74) is 6.08. The first-order valence-corrected chi connectivity index (χ1v) is 14.7. The summed E-state index contributed by atoms with van der Waals surface area (Å²) in [5.74, 6) is -14.9. The van der Waals surface area contributed by atoms with Crippen molar-refractivity contribution in [1.29, 1.82) is 0 Å². The minimum atomic E-state index is -1.87. The Morgan fingerprint density at radius 2 is 1.39 bits per heavy atom. The van der Waals surface area contributed by atoms with Crippen molar-refractivity contribution in [3.63, 3.8) is 0 Å². The molecule has 8 N–H and O–H groups in total. The second-order valence-corrected chi connectivity index (χ2v) is 10.4. The van der Waals surface area contributed by atoms with Crippen molar-refractivity contribution >= 4 is 41.1 Å². The molecule has 2 unspecified atom stereocenters. The number of para-hydroxylation sites is 1. The third kappa shape index (κ3) is 13.0. The van der Waals surface area contributed by atoms with Gasteiger partial charge in [0.25, 0.3) is 0 Å². The molecular formula is C30H35F5N6O8. The fourth-order valence-electron chi connectivity index (χ4n) is 4.16. The maximum absolute atomic E-state index is 14.1. The number of nitrogens with two attached hydrogens (primary N) is 1. The minimum Gasteiger partial charge on any atom is -0.481 e. The quantitative estimate of drug-likeness (QED) is 0.0751. The SMILES string of the molecule is Cc1cccc(F)c1NCC(=O)NC(CCCC(=O)O)C(=O)NCC(=O)NC(CCN)C(=O)NCC(=O)COc1c(F)c(F)cc(F)c1F. The summed E-state index contributed by atoms with van der Waals surface area (Å²) < 4.78 is 72.6. The fraction of sp³-hybridized carbons (Fsp3) is 0.400. The highest BCUT2D eigenvalue weighted by Crippen LogP contribution is 2.26. The van der Waals surface area contributed by atoms with E-state index in [4.69, 9.17) is 10.8 Å². The van der Waals surface area contributed by atoms with Crippen LogP contribution in [0.15, 0.2) is 24.3 Å². The summed E-state index contributed by atoms with van der Waals surface area (Å²) in [4.78, 5) is 73.5. The zero-order valence-electron chi connectivity index (χ0n) is 26.1. The van der Waals surface area contributed by atoms with E-state index in [9.17, 15) is 50.7 Å². The third-order valence-corrected chi connectivity index (χ3v) is 6.62. The summed E-state index contributed by atoms with van der Waals surface area (Å²) in [6.07, 6.45) is -0.620. The van der Waals surface area contributed by atoms with Crippen molar-refractivity contribution in [2.45, 2.75) is 44.7 Å². The van der Waals surface area contributed by atoms with Gasteiger partial charge in [-0.1, -0.05) is 12.1 Å². The number of carbonyl (C=O) groups excluding carboxylic acids is 5. The molecule has 0 aliphatic heterocycles. The normalized spacial score (nSPS) is 11.9. The number of halogens is 5. The van der Waals surface area contributed by atoms with E-state index in [1.165, 1.54) is 12.1 Å². The Labute approximate surface area is 276 Å². The van der Waals surface area contributed by atoms with E-state index in [2.05, 4.69) is 31.3 Å². The lowest BCUT2D eigenvalue weighted by Crippen LogP contribution is -2.53. The summed E-state index contributed by atoms with van der Waals surface area (Å²) in [6.45, 7) is -1.52. The van der Waals surface area contributed by atoms with E-state index in [0.717, 1.165) is 0 Å². The van der Waals surface area contributed by atoms with Gasteiger partial charge in [-0.25, -0.2) is 13.2 Å². The monoisotopic (exact) mass is 702 g/mol. The highest BCUT2D eigenvalue weighted by Gasteiger charge is 2.25. The number of ether oxygens (including phenoxy) is 1. The molecule has 0 fully saturated rings. The average molecular weight is 703 g/mol. The van der Waals surface area contributed by atoms with Crippen LogP contribution >= 0.6 is 0 Å². The van der Waals surface area contributed by atoms with Crippen LogP contribution in [-0.4, -0.2) is 85.4 Å². The third-order valence-electron chi connectivity index (χ3n) is 6.62. The molecule has 2 aromatic rings. The van der Waals surface area contributed by atoms with Crippen molar-refractivity contribution in [1.82, 2.24) is 21.3 Å². The highest BCUT2D eigenvalue weighted by molar-refractivity contribution is 5.94. The summed E-state index contributed by atoms with van der Waals surface area (Å²) >= 11 is 0. The molecule has 0 saturated heterocycles. The number of amides is 4. The van der Waals surface area contributed by atoms with Gasteiger partial charge in [-0.2, -0.15) is 8.78 Å². The molecule has 0 aromatic heterocycles. The van der Waals surface area contributed by atoms with Crippen LogP contribution in [0.4, 0.5) is 27.6 Å².